The van der Waals surface area contributed by atoms with Crippen molar-refractivity contribution < 1.29 is 0 Å². The lowest BCUT2D eigenvalue weighted by molar-refractivity contribution is 1.09. The molecule has 2 aromatic carbocycles. The molecule has 0 aliphatic heterocycles. The van der Waals surface area contributed by atoms with Crippen LogP contribution in [0, 0.1) is 0 Å². The van der Waals surface area contributed by atoms with Crippen molar-refractivity contribution in [1.82, 2.24) is 25.1 Å². The van der Waals surface area contributed by atoms with Crippen molar-refractivity contribution in [1.29, 1.82) is 0 Å². The first-order valence-corrected chi connectivity index (χ1v) is 10.7. The Morgan fingerprint density at radius 3 is 2.55 bits per heavy atom. The van der Waals surface area contributed by atoms with Gasteiger partial charge in [-0.15, -0.1) is 0 Å². The minimum Gasteiger partial charge on any atom is -0.345 e. The van der Waals surface area contributed by atoms with E-state index in [0.29, 0.717) is 27.3 Å². The molecular weight excluding hydrogens is 434 g/mol. The van der Waals surface area contributed by atoms with E-state index in [1.165, 1.54) is 0 Å². The molecule has 0 aliphatic rings. The smallest absolute Gasteiger partial charge is 0.200 e. The molecule has 7 heteroatoms. The van der Waals surface area contributed by atoms with E-state index in [0.717, 1.165) is 33.3 Å². The number of hydrogen-bond donors (Lipinski definition) is 2. The van der Waals surface area contributed by atoms with Crippen molar-refractivity contribution >= 4 is 33.5 Å². The first-order valence-electron chi connectivity index (χ1n) is 10.4. The van der Waals surface area contributed by atoms with Crippen LogP contribution >= 0.6 is 11.6 Å². The summed E-state index contributed by atoms with van der Waals surface area (Å²) in [6.45, 7) is 0. The van der Waals surface area contributed by atoms with Gasteiger partial charge in [-0.25, -0.2) is 4.98 Å². The molecule has 158 valence electrons. The van der Waals surface area contributed by atoms with E-state index in [4.69, 9.17) is 16.6 Å². The zero-order valence-corrected chi connectivity index (χ0v) is 18.0. The van der Waals surface area contributed by atoms with Gasteiger partial charge < -0.3 is 4.98 Å². The second kappa shape index (κ2) is 7.69. The Labute approximate surface area is 192 Å². The van der Waals surface area contributed by atoms with Crippen LogP contribution in [0.5, 0.6) is 0 Å². The molecule has 4 aromatic heterocycles. The van der Waals surface area contributed by atoms with Crippen LogP contribution in [0.2, 0.25) is 5.02 Å². The number of aromatic nitrogens is 5. The third-order valence-electron chi connectivity index (χ3n) is 5.67. The van der Waals surface area contributed by atoms with Crippen LogP contribution in [-0.4, -0.2) is 25.1 Å². The summed E-state index contributed by atoms with van der Waals surface area (Å²) >= 11 is 6.59. The van der Waals surface area contributed by atoms with Crippen molar-refractivity contribution in [2.24, 2.45) is 0 Å². The summed E-state index contributed by atoms with van der Waals surface area (Å²) in [7, 11) is 0. The molecule has 0 fully saturated rings. The largest absolute Gasteiger partial charge is 0.345 e. The highest BCUT2D eigenvalue weighted by atomic mass is 35.5. The SMILES string of the molecule is O=c1c(-c2ccn[nH]2)c[nH]c2nc(-c3ccccc3)c(-c3cc(Cl)c4ncccc4c3)cc12. The van der Waals surface area contributed by atoms with Gasteiger partial charge in [0.05, 0.1) is 32.9 Å². The van der Waals surface area contributed by atoms with E-state index in [9.17, 15) is 4.79 Å². The fourth-order valence-corrected chi connectivity index (χ4v) is 4.37. The third kappa shape index (κ3) is 3.28. The number of aromatic amines is 2. The van der Waals surface area contributed by atoms with Crippen LogP contribution in [0.25, 0.3) is 55.6 Å². The molecule has 6 rings (SSSR count). The summed E-state index contributed by atoms with van der Waals surface area (Å²) in [5, 5.41) is 8.76. The summed E-state index contributed by atoms with van der Waals surface area (Å²) in [4.78, 5) is 25.8. The number of H-pyrrole nitrogens is 2. The van der Waals surface area contributed by atoms with Gasteiger partial charge in [-0.3, -0.25) is 14.9 Å². The van der Waals surface area contributed by atoms with Crippen LogP contribution in [0.15, 0.2) is 90.1 Å². The number of hydrogen-bond acceptors (Lipinski definition) is 4. The number of halogens is 1. The molecule has 0 aliphatic carbocycles. The predicted octanol–water partition coefficient (Wildman–Crippen LogP) is 5.85. The normalized spacial score (nSPS) is 11.3. The fourth-order valence-electron chi connectivity index (χ4n) is 4.09. The van der Waals surface area contributed by atoms with Crippen LogP contribution in [-0.2, 0) is 0 Å². The average molecular weight is 450 g/mol. The molecule has 2 N–H and O–H groups in total. The summed E-state index contributed by atoms with van der Waals surface area (Å²) in [6.07, 6.45) is 5.00. The second-order valence-corrected chi connectivity index (χ2v) is 8.09. The van der Waals surface area contributed by atoms with Crippen molar-refractivity contribution in [3.05, 3.63) is 101 Å². The molecular formula is C26H16ClN5O. The van der Waals surface area contributed by atoms with Gasteiger partial charge >= 0.3 is 0 Å². The van der Waals surface area contributed by atoms with Gasteiger partial charge in [0.2, 0.25) is 0 Å². The zero-order chi connectivity index (χ0) is 22.4. The highest BCUT2D eigenvalue weighted by Crippen LogP contribution is 2.36. The Morgan fingerprint density at radius 2 is 1.73 bits per heavy atom. The van der Waals surface area contributed by atoms with E-state index >= 15 is 0 Å². The molecule has 4 heterocycles. The predicted molar refractivity (Wildman–Crippen MR) is 131 cm³/mol. The number of nitrogens with one attached hydrogen (secondary N) is 2. The summed E-state index contributed by atoms with van der Waals surface area (Å²) in [5.74, 6) is 0. The summed E-state index contributed by atoms with van der Waals surface area (Å²) < 4.78 is 0. The zero-order valence-electron chi connectivity index (χ0n) is 17.2. The monoisotopic (exact) mass is 449 g/mol. The van der Waals surface area contributed by atoms with Crippen molar-refractivity contribution in [2.45, 2.75) is 0 Å². The van der Waals surface area contributed by atoms with Gasteiger partial charge in [0.1, 0.15) is 5.65 Å². The minimum atomic E-state index is -0.130. The lowest BCUT2D eigenvalue weighted by atomic mass is 9.96. The van der Waals surface area contributed by atoms with Gasteiger partial charge in [0, 0.05) is 35.1 Å². The van der Waals surface area contributed by atoms with Crippen molar-refractivity contribution in [3.63, 3.8) is 0 Å². The van der Waals surface area contributed by atoms with Crippen LogP contribution < -0.4 is 5.43 Å². The highest BCUT2D eigenvalue weighted by molar-refractivity contribution is 6.35. The van der Waals surface area contributed by atoms with E-state index in [1.54, 1.807) is 24.7 Å². The molecule has 0 saturated carbocycles. The number of pyridine rings is 3. The maximum absolute atomic E-state index is 13.4. The molecule has 6 nitrogen and oxygen atoms in total. The third-order valence-corrected chi connectivity index (χ3v) is 5.96. The molecule has 0 unspecified atom stereocenters. The molecule has 0 amide bonds. The number of benzene rings is 2. The van der Waals surface area contributed by atoms with E-state index in [-0.39, 0.29) is 5.43 Å². The quantitative estimate of drug-likeness (QED) is 0.355. The molecule has 0 atom stereocenters. The van der Waals surface area contributed by atoms with Gasteiger partial charge in [0.15, 0.2) is 5.43 Å². The number of rotatable bonds is 3. The molecule has 0 bridgehead atoms. The topological polar surface area (TPSA) is 87.3 Å². The Morgan fingerprint density at radius 1 is 0.848 bits per heavy atom. The lowest BCUT2D eigenvalue weighted by Gasteiger charge is -2.13. The molecule has 33 heavy (non-hydrogen) atoms. The van der Waals surface area contributed by atoms with E-state index in [2.05, 4.69) is 20.2 Å². The van der Waals surface area contributed by atoms with Crippen LogP contribution in [0.4, 0.5) is 0 Å². The fraction of sp³-hybridized carbons (Fsp3) is 0. The van der Waals surface area contributed by atoms with E-state index < -0.39 is 0 Å². The first-order chi connectivity index (χ1) is 16.2. The second-order valence-electron chi connectivity index (χ2n) is 7.68. The summed E-state index contributed by atoms with van der Waals surface area (Å²) in [5.41, 5.74) is 5.63. The maximum atomic E-state index is 13.4. The molecule has 6 aromatic rings. The number of fused-ring (bicyclic) bond motifs is 2. The highest BCUT2D eigenvalue weighted by Gasteiger charge is 2.17. The molecule has 0 radical (unpaired) electrons. The lowest BCUT2D eigenvalue weighted by Crippen LogP contribution is -2.08. The van der Waals surface area contributed by atoms with Crippen molar-refractivity contribution in [2.75, 3.05) is 0 Å². The first kappa shape index (κ1) is 19.4. The van der Waals surface area contributed by atoms with Gasteiger partial charge in [0.25, 0.3) is 0 Å². The minimum absolute atomic E-state index is 0.130. The van der Waals surface area contributed by atoms with Gasteiger partial charge in [-0.05, 0) is 35.9 Å². The van der Waals surface area contributed by atoms with Gasteiger partial charge in [-0.2, -0.15) is 5.10 Å². The average Bonchev–Trinajstić information content (AvgIpc) is 3.39. The maximum Gasteiger partial charge on any atom is 0.200 e. The Hall–Kier alpha value is -4.29. The Bertz CT molecular complexity index is 1690. The number of nitrogens with zero attached hydrogens (tertiary/aromatic N) is 3. The van der Waals surface area contributed by atoms with Crippen molar-refractivity contribution in [3.8, 4) is 33.6 Å². The van der Waals surface area contributed by atoms with Crippen LogP contribution in [0.3, 0.4) is 0 Å². The Balaban J connectivity index is 1.68. The molecule has 0 saturated heterocycles. The van der Waals surface area contributed by atoms with Crippen LogP contribution in [0.1, 0.15) is 0 Å². The van der Waals surface area contributed by atoms with Gasteiger partial charge in [-0.1, -0.05) is 48.0 Å². The summed E-state index contributed by atoms with van der Waals surface area (Å²) in [6, 6.07) is 21.3. The standard InChI is InChI=1S/C26H16ClN5O/c27-21-12-17(11-16-7-4-9-28-24(16)21)18-13-19-25(33)20(22-8-10-30-32-22)14-29-26(19)31-23(18)15-5-2-1-3-6-15/h1-14H,(H,30,32)(H,29,31,33). The van der Waals surface area contributed by atoms with E-state index in [1.807, 2.05) is 60.7 Å². The molecule has 0 spiro atoms. The Kier molecular flexibility index (Phi) is 4.52.